The van der Waals surface area contributed by atoms with E-state index >= 15 is 0 Å². The molecule has 0 spiro atoms. The SMILES string of the molecule is CC(=O)Nc1ccccc1-c1nc2ccccc2n(CC(=O)Nc2ccccc2Cl)c1=O. The van der Waals surface area contributed by atoms with Crippen LogP contribution >= 0.6 is 11.6 Å². The number of nitrogens with zero attached hydrogens (tertiary/aromatic N) is 2. The predicted molar refractivity (Wildman–Crippen MR) is 126 cm³/mol. The molecular formula is C24H19ClN4O3. The van der Waals surface area contributed by atoms with Crippen LogP contribution in [0, 0.1) is 0 Å². The summed E-state index contributed by atoms with van der Waals surface area (Å²) in [5.41, 5.74) is 2.15. The third kappa shape index (κ3) is 4.38. The normalized spacial score (nSPS) is 10.7. The van der Waals surface area contributed by atoms with Gasteiger partial charge in [-0.25, -0.2) is 4.98 Å². The molecule has 0 radical (unpaired) electrons. The second-order valence-corrected chi connectivity index (χ2v) is 7.50. The average Bonchev–Trinajstić information content (AvgIpc) is 2.77. The number of hydrogen-bond donors (Lipinski definition) is 2. The van der Waals surface area contributed by atoms with Gasteiger partial charge < -0.3 is 10.6 Å². The Morgan fingerprint density at radius 1 is 0.906 bits per heavy atom. The van der Waals surface area contributed by atoms with E-state index in [1.54, 1.807) is 72.8 Å². The molecule has 0 saturated carbocycles. The molecule has 0 aliphatic rings. The van der Waals surface area contributed by atoms with Crippen LogP contribution in [0.25, 0.3) is 22.3 Å². The molecule has 1 heterocycles. The minimum atomic E-state index is -0.448. The van der Waals surface area contributed by atoms with E-state index in [1.165, 1.54) is 11.5 Å². The van der Waals surface area contributed by atoms with E-state index < -0.39 is 11.5 Å². The number of nitrogens with one attached hydrogen (secondary N) is 2. The number of hydrogen-bond acceptors (Lipinski definition) is 4. The summed E-state index contributed by atoms with van der Waals surface area (Å²) in [6.07, 6.45) is 0. The number of rotatable bonds is 5. The van der Waals surface area contributed by atoms with Crippen LogP contribution in [0.1, 0.15) is 6.92 Å². The van der Waals surface area contributed by atoms with Crippen LogP contribution < -0.4 is 16.2 Å². The van der Waals surface area contributed by atoms with Gasteiger partial charge in [-0.15, -0.1) is 0 Å². The molecule has 0 unspecified atom stereocenters. The fourth-order valence-electron chi connectivity index (χ4n) is 3.41. The molecule has 1 aromatic heterocycles. The molecule has 2 N–H and O–H groups in total. The molecule has 4 aromatic rings. The zero-order chi connectivity index (χ0) is 22.7. The highest BCUT2D eigenvalue weighted by Gasteiger charge is 2.18. The van der Waals surface area contributed by atoms with Gasteiger partial charge in [-0.05, 0) is 30.3 Å². The number of fused-ring (bicyclic) bond motifs is 1. The van der Waals surface area contributed by atoms with Crippen molar-refractivity contribution in [1.29, 1.82) is 0 Å². The van der Waals surface area contributed by atoms with Crippen molar-refractivity contribution in [2.75, 3.05) is 10.6 Å². The van der Waals surface area contributed by atoms with Crippen LogP contribution in [-0.4, -0.2) is 21.4 Å². The molecule has 0 saturated heterocycles. The third-order valence-corrected chi connectivity index (χ3v) is 5.12. The minimum Gasteiger partial charge on any atom is -0.326 e. The Hall–Kier alpha value is -3.97. The molecule has 7 nitrogen and oxygen atoms in total. The Morgan fingerprint density at radius 3 is 2.31 bits per heavy atom. The fraction of sp³-hybridized carbons (Fsp3) is 0.0833. The first-order valence-corrected chi connectivity index (χ1v) is 10.2. The Labute approximate surface area is 188 Å². The van der Waals surface area contributed by atoms with Crippen molar-refractivity contribution in [2.24, 2.45) is 0 Å². The van der Waals surface area contributed by atoms with E-state index in [0.717, 1.165) is 0 Å². The van der Waals surface area contributed by atoms with E-state index in [9.17, 15) is 14.4 Å². The van der Waals surface area contributed by atoms with Gasteiger partial charge in [0.25, 0.3) is 5.56 Å². The van der Waals surface area contributed by atoms with Crippen molar-refractivity contribution in [3.63, 3.8) is 0 Å². The van der Waals surface area contributed by atoms with Gasteiger partial charge >= 0.3 is 0 Å². The number of para-hydroxylation sites is 4. The molecule has 0 fully saturated rings. The standard InChI is InChI=1S/C24H19ClN4O3/c1-15(30)26-18-10-4-2-8-16(18)23-24(32)29(21-13-7-6-12-20(21)28-23)14-22(31)27-19-11-5-3-9-17(19)25/h2-13H,14H2,1H3,(H,26,30)(H,27,31). The van der Waals surface area contributed by atoms with E-state index in [1.807, 2.05) is 0 Å². The fourth-order valence-corrected chi connectivity index (χ4v) is 3.59. The minimum absolute atomic E-state index is 0.138. The summed E-state index contributed by atoms with van der Waals surface area (Å²) < 4.78 is 1.37. The van der Waals surface area contributed by atoms with Gasteiger partial charge in [0.15, 0.2) is 0 Å². The lowest BCUT2D eigenvalue weighted by molar-refractivity contribution is -0.117. The smallest absolute Gasteiger partial charge is 0.278 e. The number of carbonyl (C=O) groups is 2. The number of halogens is 1. The number of anilines is 2. The monoisotopic (exact) mass is 446 g/mol. The molecule has 8 heteroatoms. The molecular weight excluding hydrogens is 428 g/mol. The highest BCUT2D eigenvalue weighted by atomic mass is 35.5. The van der Waals surface area contributed by atoms with Crippen molar-refractivity contribution in [2.45, 2.75) is 13.5 Å². The maximum absolute atomic E-state index is 13.5. The van der Waals surface area contributed by atoms with E-state index in [2.05, 4.69) is 15.6 Å². The van der Waals surface area contributed by atoms with E-state index in [-0.39, 0.29) is 18.1 Å². The summed E-state index contributed by atoms with van der Waals surface area (Å²) >= 11 is 6.13. The van der Waals surface area contributed by atoms with Gasteiger partial charge in [0, 0.05) is 12.5 Å². The Balaban J connectivity index is 1.81. The van der Waals surface area contributed by atoms with Crippen LogP contribution in [0.2, 0.25) is 5.02 Å². The van der Waals surface area contributed by atoms with Crippen molar-refractivity contribution in [3.8, 4) is 11.3 Å². The molecule has 0 atom stereocenters. The first kappa shape index (κ1) is 21.3. The van der Waals surface area contributed by atoms with Gasteiger partial charge in [-0.3, -0.25) is 19.0 Å². The first-order chi connectivity index (χ1) is 15.4. The molecule has 32 heavy (non-hydrogen) atoms. The molecule has 0 aliphatic heterocycles. The second-order valence-electron chi connectivity index (χ2n) is 7.10. The number of carbonyl (C=O) groups excluding carboxylic acids is 2. The van der Waals surface area contributed by atoms with Crippen LogP contribution in [0.3, 0.4) is 0 Å². The van der Waals surface area contributed by atoms with Crippen molar-refractivity contribution < 1.29 is 9.59 Å². The maximum atomic E-state index is 13.5. The summed E-state index contributed by atoms with van der Waals surface area (Å²) in [5, 5.41) is 5.87. The van der Waals surface area contributed by atoms with Crippen LogP contribution in [-0.2, 0) is 16.1 Å². The zero-order valence-corrected chi connectivity index (χ0v) is 17.9. The van der Waals surface area contributed by atoms with Crippen LogP contribution in [0.4, 0.5) is 11.4 Å². The summed E-state index contributed by atoms with van der Waals surface area (Å²) in [5.74, 6) is -0.671. The maximum Gasteiger partial charge on any atom is 0.278 e. The van der Waals surface area contributed by atoms with Gasteiger partial charge in [0.1, 0.15) is 12.2 Å². The summed E-state index contributed by atoms with van der Waals surface area (Å²) in [6, 6.07) is 20.9. The van der Waals surface area contributed by atoms with Crippen molar-refractivity contribution in [1.82, 2.24) is 9.55 Å². The summed E-state index contributed by atoms with van der Waals surface area (Å²) in [4.78, 5) is 42.4. The lowest BCUT2D eigenvalue weighted by Crippen LogP contribution is -2.30. The van der Waals surface area contributed by atoms with Crippen LogP contribution in [0.15, 0.2) is 77.6 Å². The van der Waals surface area contributed by atoms with E-state index in [4.69, 9.17) is 11.6 Å². The summed E-state index contributed by atoms with van der Waals surface area (Å²) in [6.45, 7) is 1.16. The highest BCUT2D eigenvalue weighted by molar-refractivity contribution is 6.33. The highest BCUT2D eigenvalue weighted by Crippen LogP contribution is 2.26. The van der Waals surface area contributed by atoms with Gasteiger partial charge in [-0.2, -0.15) is 0 Å². The molecule has 2 amide bonds. The largest absolute Gasteiger partial charge is 0.326 e. The predicted octanol–water partition coefficient (Wildman–Crippen LogP) is 4.31. The molecule has 0 bridgehead atoms. The van der Waals surface area contributed by atoms with Crippen molar-refractivity contribution in [3.05, 3.63) is 88.2 Å². The van der Waals surface area contributed by atoms with E-state index in [0.29, 0.717) is 33.0 Å². The van der Waals surface area contributed by atoms with Gasteiger partial charge in [0.05, 0.1) is 27.4 Å². The number of amides is 2. The number of aromatic nitrogens is 2. The zero-order valence-electron chi connectivity index (χ0n) is 17.1. The number of benzene rings is 3. The molecule has 0 aliphatic carbocycles. The molecule has 160 valence electrons. The Kier molecular flexibility index (Phi) is 6.00. The van der Waals surface area contributed by atoms with Gasteiger partial charge in [0.2, 0.25) is 11.8 Å². The first-order valence-electron chi connectivity index (χ1n) is 9.85. The third-order valence-electron chi connectivity index (χ3n) is 4.80. The van der Waals surface area contributed by atoms with Crippen molar-refractivity contribution >= 4 is 45.8 Å². The Morgan fingerprint density at radius 2 is 1.56 bits per heavy atom. The second kappa shape index (κ2) is 9.03. The lowest BCUT2D eigenvalue weighted by atomic mass is 10.1. The molecule has 3 aromatic carbocycles. The quantitative estimate of drug-likeness (QED) is 0.477. The topological polar surface area (TPSA) is 93.1 Å². The van der Waals surface area contributed by atoms with Crippen LogP contribution in [0.5, 0.6) is 0 Å². The lowest BCUT2D eigenvalue weighted by Gasteiger charge is -2.14. The van der Waals surface area contributed by atoms with Gasteiger partial charge in [-0.1, -0.05) is 54.1 Å². The Bertz CT molecular complexity index is 1400. The summed E-state index contributed by atoms with van der Waals surface area (Å²) in [7, 11) is 0. The molecule has 4 rings (SSSR count). The average molecular weight is 447 g/mol.